The van der Waals surface area contributed by atoms with Gasteiger partial charge in [0.05, 0.1) is 25.4 Å². The van der Waals surface area contributed by atoms with E-state index in [1.165, 1.54) is 16.1 Å². The summed E-state index contributed by atoms with van der Waals surface area (Å²) >= 11 is 0. The summed E-state index contributed by atoms with van der Waals surface area (Å²) in [6.45, 7) is 0.424. The minimum absolute atomic E-state index is 0.0125. The van der Waals surface area contributed by atoms with Crippen LogP contribution >= 0.6 is 0 Å². The molecular weight excluding hydrogens is 743 g/mol. The number of carbonyl (C=O) groups is 5. The standard InChI is InChI=1S/C44H49N5O9/c1-48(27-33-18-12-24-55-33)44(54)57-34-26-37(38(50)25-32(17-10-11-23-45)40(51)41-46-35-19-8-9-20-39(35)58-41)49(28-34)42(52)36(22-21-30-13-4-2-5-14-30)47-43(53)56-29-31-15-6-3-7-16-31/h2-9,12-16,18-20,24,32,34,36-37H,10-11,17,21-23,25-29,45H2,1H3,(H,47,53)/t32-,34-,36-,37+/m1/s1. The number of furan rings is 1. The van der Waals surface area contributed by atoms with Crippen LogP contribution in [0.25, 0.3) is 11.1 Å². The molecule has 14 nitrogen and oxygen atoms in total. The molecule has 0 aliphatic carbocycles. The molecule has 0 bridgehead atoms. The van der Waals surface area contributed by atoms with E-state index in [2.05, 4.69) is 10.3 Å². The lowest BCUT2D eigenvalue weighted by atomic mass is 9.89. The zero-order valence-electron chi connectivity index (χ0n) is 32.5. The number of carbonyl (C=O) groups excluding carboxylic acids is 5. The second-order valence-corrected chi connectivity index (χ2v) is 14.5. The number of nitrogens with zero attached hydrogens (tertiary/aromatic N) is 3. The number of ketones is 2. The Morgan fingerprint density at radius 2 is 1.64 bits per heavy atom. The van der Waals surface area contributed by atoms with Crippen LogP contribution in [0.1, 0.15) is 66.1 Å². The fraction of sp³-hybridized carbons (Fsp3) is 0.364. The second-order valence-electron chi connectivity index (χ2n) is 14.5. The first-order valence-corrected chi connectivity index (χ1v) is 19.6. The molecule has 3 heterocycles. The number of unbranched alkanes of at least 4 members (excludes halogenated alkanes) is 1. The maximum Gasteiger partial charge on any atom is 0.410 e. The highest BCUT2D eigenvalue weighted by Crippen LogP contribution is 2.29. The summed E-state index contributed by atoms with van der Waals surface area (Å²) in [4.78, 5) is 76.6. The number of alkyl carbamates (subject to hydrolysis) is 1. The number of benzene rings is 3. The van der Waals surface area contributed by atoms with E-state index < -0.39 is 53.8 Å². The lowest BCUT2D eigenvalue weighted by molar-refractivity contribution is -0.139. The van der Waals surface area contributed by atoms with Gasteiger partial charge in [-0.15, -0.1) is 0 Å². The number of Topliss-reactive ketones (excluding diaryl/α,β-unsaturated/α-hetero) is 2. The van der Waals surface area contributed by atoms with Crippen LogP contribution in [0, 0.1) is 5.92 Å². The predicted octanol–water partition coefficient (Wildman–Crippen LogP) is 6.47. The maximum absolute atomic E-state index is 14.7. The number of aromatic nitrogens is 1. The number of fused-ring (bicyclic) bond motifs is 1. The van der Waals surface area contributed by atoms with Crippen molar-refractivity contribution in [1.29, 1.82) is 0 Å². The Balaban J connectivity index is 1.24. The lowest BCUT2D eigenvalue weighted by Gasteiger charge is -2.29. The third-order valence-corrected chi connectivity index (χ3v) is 10.2. The Bertz CT molecular complexity index is 2090. The van der Waals surface area contributed by atoms with Crippen molar-refractivity contribution in [3.8, 4) is 0 Å². The molecule has 2 aromatic heterocycles. The minimum atomic E-state index is -1.10. The van der Waals surface area contributed by atoms with Crippen LogP contribution in [0.3, 0.4) is 0 Å². The van der Waals surface area contributed by atoms with E-state index in [-0.39, 0.29) is 44.8 Å². The third-order valence-electron chi connectivity index (χ3n) is 10.2. The van der Waals surface area contributed by atoms with Crippen molar-refractivity contribution in [2.24, 2.45) is 11.7 Å². The summed E-state index contributed by atoms with van der Waals surface area (Å²) < 4.78 is 22.6. The number of hydrogen-bond acceptors (Lipinski definition) is 11. The van der Waals surface area contributed by atoms with Crippen molar-refractivity contribution >= 4 is 40.8 Å². The van der Waals surface area contributed by atoms with Crippen molar-refractivity contribution in [2.45, 2.75) is 76.3 Å². The van der Waals surface area contributed by atoms with E-state index in [0.717, 1.165) is 11.1 Å². The van der Waals surface area contributed by atoms with Crippen LogP contribution < -0.4 is 11.1 Å². The number of aryl methyl sites for hydroxylation is 1. The molecule has 5 aromatic rings. The molecule has 304 valence electrons. The van der Waals surface area contributed by atoms with Crippen LogP contribution in [0.2, 0.25) is 0 Å². The molecule has 58 heavy (non-hydrogen) atoms. The number of likely N-dealkylation sites (tertiary alicyclic amines) is 1. The summed E-state index contributed by atoms with van der Waals surface area (Å²) in [6, 6.07) is 26.9. The fourth-order valence-corrected chi connectivity index (χ4v) is 7.08. The van der Waals surface area contributed by atoms with Gasteiger partial charge in [0.15, 0.2) is 11.4 Å². The van der Waals surface area contributed by atoms with Gasteiger partial charge in [-0.3, -0.25) is 14.4 Å². The molecule has 1 aliphatic rings. The first-order chi connectivity index (χ1) is 28.2. The Morgan fingerprint density at radius 1 is 0.914 bits per heavy atom. The van der Waals surface area contributed by atoms with Gasteiger partial charge in [0, 0.05) is 25.8 Å². The van der Waals surface area contributed by atoms with Gasteiger partial charge in [0.2, 0.25) is 11.7 Å². The largest absolute Gasteiger partial charge is 0.467 e. The van der Waals surface area contributed by atoms with Crippen molar-refractivity contribution in [1.82, 2.24) is 20.1 Å². The summed E-state index contributed by atoms with van der Waals surface area (Å²) in [5.41, 5.74) is 8.45. The normalized spacial score (nSPS) is 16.1. The molecule has 0 spiro atoms. The molecule has 14 heteroatoms. The average Bonchev–Trinajstić information content (AvgIpc) is 4.02. The summed E-state index contributed by atoms with van der Waals surface area (Å²) in [7, 11) is 1.56. The molecule has 3 aromatic carbocycles. The van der Waals surface area contributed by atoms with Crippen molar-refractivity contribution in [3.05, 3.63) is 126 Å². The molecule has 0 unspecified atom stereocenters. The van der Waals surface area contributed by atoms with Gasteiger partial charge < -0.3 is 39.2 Å². The van der Waals surface area contributed by atoms with E-state index in [0.29, 0.717) is 49.1 Å². The summed E-state index contributed by atoms with van der Waals surface area (Å²) in [6.07, 6.45) is 1.10. The highest BCUT2D eigenvalue weighted by molar-refractivity contribution is 6.00. The summed E-state index contributed by atoms with van der Waals surface area (Å²) in [5, 5.41) is 2.74. The van der Waals surface area contributed by atoms with Crippen molar-refractivity contribution in [2.75, 3.05) is 20.1 Å². The Morgan fingerprint density at radius 3 is 2.34 bits per heavy atom. The number of hydrogen-bond donors (Lipinski definition) is 2. The van der Waals surface area contributed by atoms with Crippen LogP contribution in [0.5, 0.6) is 0 Å². The van der Waals surface area contributed by atoms with E-state index in [1.54, 1.807) is 43.4 Å². The Kier molecular flexibility index (Phi) is 14.4. The molecule has 0 saturated carbocycles. The molecule has 1 fully saturated rings. The molecule has 1 saturated heterocycles. The van der Waals surface area contributed by atoms with E-state index >= 15 is 0 Å². The Hall–Kier alpha value is -6.28. The van der Waals surface area contributed by atoms with Gasteiger partial charge in [0.1, 0.15) is 30.0 Å². The first-order valence-electron chi connectivity index (χ1n) is 19.6. The van der Waals surface area contributed by atoms with Crippen LogP contribution in [0.4, 0.5) is 9.59 Å². The number of ether oxygens (including phenoxy) is 2. The van der Waals surface area contributed by atoms with Gasteiger partial charge >= 0.3 is 12.2 Å². The van der Waals surface area contributed by atoms with Gasteiger partial charge in [-0.2, -0.15) is 0 Å². The first kappa shape index (κ1) is 41.4. The number of amides is 3. The Labute approximate surface area is 336 Å². The van der Waals surface area contributed by atoms with Crippen LogP contribution in [-0.4, -0.2) is 82.8 Å². The number of rotatable bonds is 19. The van der Waals surface area contributed by atoms with E-state index in [1.807, 2.05) is 60.7 Å². The zero-order valence-corrected chi connectivity index (χ0v) is 32.5. The minimum Gasteiger partial charge on any atom is -0.467 e. The molecule has 0 radical (unpaired) electrons. The fourth-order valence-electron chi connectivity index (χ4n) is 7.08. The smallest absolute Gasteiger partial charge is 0.410 e. The molecule has 6 rings (SSSR count). The number of oxazole rings is 1. The second kappa shape index (κ2) is 20.2. The SMILES string of the molecule is CN(Cc1ccco1)C(=O)O[C@@H]1C[C@@H](C(=O)C[C@@H](CCCCN)C(=O)c2nc3ccccc3o2)N(C(=O)[C@@H](CCc2ccccc2)NC(=O)OCc2ccccc2)C1. The third kappa shape index (κ3) is 11.2. The van der Waals surface area contributed by atoms with Gasteiger partial charge in [-0.25, -0.2) is 14.6 Å². The average molecular weight is 792 g/mol. The monoisotopic (exact) mass is 791 g/mol. The topological polar surface area (TPSA) is 188 Å². The van der Waals surface area contributed by atoms with Crippen LogP contribution in [0.15, 0.2) is 112 Å². The highest BCUT2D eigenvalue weighted by Gasteiger charge is 2.44. The highest BCUT2D eigenvalue weighted by atomic mass is 16.6. The van der Waals surface area contributed by atoms with E-state index in [9.17, 15) is 24.0 Å². The van der Waals surface area contributed by atoms with Crippen molar-refractivity contribution < 1.29 is 42.3 Å². The van der Waals surface area contributed by atoms with Crippen LogP contribution in [-0.2, 0) is 38.6 Å². The van der Waals surface area contributed by atoms with Gasteiger partial charge in [-0.05, 0) is 67.6 Å². The zero-order chi connectivity index (χ0) is 40.9. The summed E-state index contributed by atoms with van der Waals surface area (Å²) in [5.74, 6) is -1.73. The molecular formula is C44H49N5O9. The molecule has 1 aliphatic heterocycles. The van der Waals surface area contributed by atoms with Gasteiger partial charge in [0.25, 0.3) is 5.89 Å². The van der Waals surface area contributed by atoms with Crippen molar-refractivity contribution in [3.63, 3.8) is 0 Å². The number of para-hydroxylation sites is 2. The number of nitrogens with one attached hydrogen (secondary N) is 1. The molecule has 3 amide bonds. The van der Waals surface area contributed by atoms with Gasteiger partial charge in [-0.1, -0.05) is 79.2 Å². The molecule has 3 N–H and O–H groups in total. The van der Waals surface area contributed by atoms with E-state index in [4.69, 9.17) is 24.0 Å². The number of nitrogens with two attached hydrogens (primary N) is 1. The quantitative estimate of drug-likeness (QED) is 0.0689. The predicted molar refractivity (Wildman–Crippen MR) is 213 cm³/mol. The maximum atomic E-state index is 14.7. The molecule has 4 atom stereocenters. The lowest BCUT2D eigenvalue weighted by Crippen LogP contribution is -2.52.